The Kier molecular flexibility index (Phi) is 5.29. The fraction of sp³-hybridized carbons (Fsp3) is 0.538. The third-order valence-electron chi connectivity index (χ3n) is 2.97. The predicted molar refractivity (Wildman–Crippen MR) is 74.8 cm³/mol. The van der Waals surface area contributed by atoms with Gasteiger partial charge in [0.05, 0.1) is 0 Å². The summed E-state index contributed by atoms with van der Waals surface area (Å²) in [5.41, 5.74) is 8.13. The number of rotatable bonds is 5. The lowest BCUT2D eigenvalue weighted by Crippen LogP contribution is -2.32. The maximum atomic E-state index is 5.70. The molecule has 1 unspecified atom stereocenters. The lowest BCUT2D eigenvalue weighted by Gasteiger charge is -2.30. The van der Waals surface area contributed by atoms with Crippen molar-refractivity contribution in [1.82, 2.24) is 0 Å². The second kappa shape index (κ2) is 6.26. The molecule has 0 radical (unpaired) electrons. The number of hydrogen-bond acceptors (Lipinski definition) is 2. The zero-order chi connectivity index (χ0) is 12.1. The van der Waals surface area contributed by atoms with Crippen LogP contribution in [0.15, 0.2) is 22.7 Å². The average molecular weight is 285 g/mol. The third-order valence-corrected chi connectivity index (χ3v) is 3.43. The number of halogens is 1. The first-order chi connectivity index (χ1) is 7.62. The first-order valence-corrected chi connectivity index (χ1v) is 6.67. The van der Waals surface area contributed by atoms with Crippen molar-refractivity contribution in [3.63, 3.8) is 0 Å². The summed E-state index contributed by atoms with van der Waals surface area (Å²) in [5, 5.41) is 0. The molecule has 1 aromatic carbocycles. The highest BCUT2D eigenvalue weighted by molar-refractivity contribution is 9.10. The van der Waals surface area contributed by atoms with Crippen molar-refractivity contribution in [2.24, 2.45) is 5.73 Å². The van der Waals surface area contributed by atoms with Gasteiger partial charge in [0, 0.05) is 29.3 Å². The standard InChI is InChI=1S/C13H21BrN2/c1-4-10(3)16(5-2)13-7-11(9-15)6-12(14)8-13/h6-8,10H,4-5,9,15H2,1-3H3. The monoisotopic (exact) mass is 284 g/mol. The van der Waals surface area contributed by atoms with E-state index in [9.17, 15) is 0 Å². The molecule has 0 saturated carbocycles. The molecule has 0 aliphatic rings. The van der Waals surface area contributed by atoms with Crippen LogP contribution < -0.4 is 10.6 Å². The Hall–Kier alpha value is -0.540. The molecule has 2 nitrogen and oxygen atoms in total. The molecule has 0 aliphatic carbocycles. The van der Waals surface area contributed by atoms with Gasteiger partial charge in [-0.25, -0.2) is 0 Å². The highest BCUT2D eigenvalue weighted by Crippen LogP contribution is 2.25. The molecule has 0 bridgehead atoms. The summed E-state index contributed by atoms with van der Waals surface area (Å²) < 4.78 is 1.10. The molecule has 3 heteroatoms. The fourth-order valence-electron chi connectivity index (χ4n) is 1.89. The molecule has 16 heavy (non-hydrogen) atoms. The first-order valence-electron chi connectivity index (χ1n) is 5.88. The van der Waals surface area contributed by atoms with Crippen molar-refractivity contribution in [1.29, 1.82) is 0 Å². The van der Waals surface area contributed by atoms with E-state index in [0.717, 1.165) is 17.4 Å². The van der Waals surface area contributed by atoms with Gasteiger partial charge in [-0.05, 0) is 44.0 Å². The predicted octanol–water partition coefficient (Wildman–Crippen LogP) is 3.53. The van der Waals surface area contributed by atoms with E-state index in [0.29, 0.717) is 12.6 Å². The van der Waals surface area contributed by atoms with Crippen LogP contribution >= 0.6 is 15.9 Å². The van der Waals surface area contributed by atoms with E-state index < -0.39 is 0 Å². The van der Waals surface area contributed by atoms with Crippen molar-refractivity contribution in [2.45, 2.75) is 39.8 Å². The maximum absolute atomic E-state index is 5.70. The molecule has 0 saturated heterocycles. The van der Waals surface area contributed by atoms with Crippen LogP contribution in [-0.2, 0) is 6.54 Å². The van der Waals surface area contributed by atoms with E-state index in [-0.39, 0.29) is 0 Å². The molecule has 0 heterocycles. The van der Waals surface area contributed by atoms with Crippen LogP contribution in [0, 0.1) is 0 Å². The molecule has 0 aliphatic heterocycles. The van der Waals surface area contributed by atoms with Crippen LogP contribution in [0.1, 0.15) is 32.8 Å². The molecule has 1 rings (SSSR count). The first kappa shape index (κ1) is 13.5. The minimum atomic E-state index is 0.560. The minimum absolute atomic E-state index is 0.560. The smallest absolute Gasteiger partial charge is 0.0383 e. The van der Waals surface area contributed by atoms with Crippen molar-refractivity contribution in [3.05, 3.63) is 28.2 Å². The minimum Gasteiger partial charge on any atom is -0.369 e. The van der Waals surface area contributed by atoms with Gasteiger partial charge in [0.2, 0.25) is 0 Å². The zero-order valence-corrected chi connectivity index (χ0v) is 11.9. The van der Waals surface area contributed by atoms with E-state index in [2.05, 4.69) is 59.8 Å². The lowest BCUT2D eigenvalue weighted by atomic mass is 10.1. The highest BCUT2D eigenvalue weighted by Gasteiger charge is 2.11. The van der Waals surface area contributed by atoms with Crippen LogP contribution in [0.25, 0.3) is 0 Å². The number of nitrogens with zero attached hydrogens (tertiary/aromatic N) is 1. The second-order valence-corrected chi connectivity index (χ2v) is 4.98. The molecule has 0 amide bonds. The Morgan fingerprint density at radius 2 is 2.00 bits per heavy atom. The largest absolute Gasteiger partial charge is 0.369 e. The van der Waals surface area contributed by atoms with Gasteiger partial charge in [-0.3, -0.25) is 0 Å². The summed E-state index contributed by atoms with van der Waals surface area (Å²) in [6.45, 7) is 8.27. The number of benzene rings is 1. The van der Waals surface area contributed by atoms with Crippen molar-refractivity contribution in [2.75, 3.05) is 11.4 Å². The van der Waals surface area contributed by atoms with Gasteiger partial charge in [-0.1, -0.05) is 22.9 Å². The van der Waals surface area contributed by atoms with E-state index in [1.54, 1.807) is 0 Å². The third kappa shape index (κ3) is 3.22. The molecule has 1 atom stereocenters. The lowest BCUT2D eigenvalue weighted by molar-refractivity contribution is 0.629. The van der Waals surface area contributed by atoms with Crippen molar-refractivity contribution in [3.8, 4) is 0 Å². The summed E-state index contributed by atoms with van der Waals surface area (Å²) in [6, 6.07) is 6.98. The van der Waals surface area contributed by atoms with Crippen LogP contribution in [0.5, 0.6) is 0 Å². The number of nitrogens with two attached hydrogens (primary N) is 1. The van der Waals surface area contributed by atoms with Crippen LogP contribution in [0.3, 0.4) is 0 Å². The number of hydrogen-bond donors (Lipinski definition) is 1. The molecule has 2 N–H and O–H groups in total. The number of anilines is 1. The summed E-state index contributed by atoms with van der Waals surface area (Å²) in [4.78, 5) is 2.41. The molecule has 0 spiro atoms. The van der Waals surface area contributed by atoms with E-state index in [4.69, 9.17) is 5.73 Å². The van der Waals surface area contributed by atoms with Gasteiger partial charge in [-0.15, -0.1) is 0 Å². The average Bonchev–Trinajstić information content (AvgIpc) is 2.29. The Bertz CT molecular complexity index is 339. The van der Waals surface area contributed by atoms with E-state index in [1.807, 2.05) is 0 Å². The van der Waals surface area contributed by atoms with Crippen LogP contribution in [0.4, 0.5) is 5.69 Å². The van der Waals surface area contributed by atoms with Crippen LogP contribution in [0.2, 0.25) is 0 Å². The molecule has 0 fully saturated rings. The maximum Gasteiger partial charge on any atom is 0.0383 e. The van der Waals surface area contributed by atoms with Crippen LogP contribution in [-0.4, -0.2) is 12.6 Å². The summed E-state index contributed by atoms with van der Waals surface area (Å²) >= 11 is 3.54. The van der Waals surface area contributed by atoms with Gasteiger partial charge in [0.1, 0.15) is 0 Å². The van der Waals surface area contributed by atoms with Gasteiger partial charge in [0.25, 0.3) is 0 Å². The van der Waals surface area contributed by atoms with E-state index >= 15 is 0 Å². The fourth-order valence-corrected chi connectivity index (χ4v) is 2.41. The molecule has 0 aromatic heterocycles. The van der Waals surface area contributed by atoms with Gasteiger partial charge in [-0.2, -0.15) is 0 Å². The SMILES string of the molecule is CCC(C)N(CC)c1cc(Br)cc(CN)c1. The molecule has 90 valence electrons. The highest BCUT2D eigenvalue weighted by atomic mass is 79.9. The Morgan fingerprint density at radius 1 is 1.31 bits per heavy atom. The van der Waals surface area contributed by atoms with Gasteiger partial charge in [0.15, 0.2) is 0 Å². The Morgan fingerprint density at radius 3 is 2.50 bits per heavy atom. The zero-order valence-electron chi connectivity index (χ0n) is 10.3. The van der Waals surface area contributed by atoms with Gasteiger partial charge < -0.3 is 10.6 Å². The Labute approximate surface area is 107 Å². The Balaban J connectivity index is 3.04. The summed E-state index contributed by atoms with van der Waals surface area (Å²) in [7, 11) is 0. The molecule has 1 aromatic rings. The summed E-state index contributed by atoms with van der Waals surface area (Å²) in [6.07, 6.45) is 1.15. The topological polar surface area (TPSA) is 29.3 Å². The van der Waals surface area contributed by atoms with Crippen molar-refractivity contribution < 1.29 is 0 Å². The second-order valence-electron chi connectivity index (χ2n) is 4.07. The molecular formula is C13H21BrN2. The van der Waals surface area contributed by atoms with E-state index in [1.165, 1.54) is 11.3 Å². The van der Waals surface area contributed by atoms with Crippen molar-refractivity contribution >= 4 is 21.6 Å². The molecular weight excluding hydrogens is 264 g/mol. The van der Waals surface area contributed by atoms with Gasteiger partial charge >= 0.3 is 0 Å². The normalized spacial score (nSPS) is 12.6. The quantitative estimate of drug-likeness (QED) is 0.896. The summed E-state index contributed by atoms with van der Waals surface area (Å²) in [5.74, 6) is 0.